The highest BCUT2D eigenvalue weighted by molar-refractivity contribution is 5.95. The number of fused-ring (bicyclic) bond motifs is 1. The Kier molecular flexibility index (Phi) is 5.12. The number of methoxy groups -OCH3 is 1. The van der Waals surface area contributed by atoms with Crippen LogP contribution in [0.15, 0.2) is 36.6 Å². The quantitative estimate of drug-likeness (QED) is 0.756. The largest absolute Gasteiger partial charge is 0.501 e. The Labute approximate surface area is 148 Å². The normalized spacial score (nSPS) is 14.0. The molecule has 0 N–H and O–H groups in total. The van der Waals surface area contributed by atoms with Gasteiger partial charge in [-0.2, -0.15) is 0 Å². The van der Waals surface area contributed by atoms with E-state index in [4.69, 9.17) is 9.47 Å². The molecule has 0 atom stereocenters. The van der Waals surface area contributed by atoms with Gasteiger partial charge in [0, 0.05) is 25.3 Å². The van der Waals surface area contributed by atoms with Crippen LogP contribution in [0.3, 0.4) is 0 Å². The summed E-state index contributed by atoms with van der Waals surface area (Å²) in [5.74, 6) is 0.903. The van der Waals surface area contributed by atoms with E-state index in [-0.39, 0.29) is 5.91 Å². The lowest BCUT2D eigenvalue weighted by molar-refractivity contribution is 0.0689. The van der Waals surface area contributed by atoms with Gasteiger partial charge in [-0.3, -0.25) is 4.79 Å². The highest BCUT2D eigenvalue weighted by atomic mass is 16.5. The van der Waals surface area contributed by atoms with Gasteiger partial charge in [0.15, 0.2) is 0 Å². The lowest BCUT2D eigenvalue weighted by Crippen LogP contribution is -2.40. The van der Waals surface area contributed by atoms with Gasteiger partial charge in [0.2, 0.25) is 0 Å². The summed E-state index contributed by atoms with van der Waals surface area (Å²) in [6, 6.07) is 9.90. The van der Waals surface area contributed by atoms with Crippen molar-refractivity contribution >= 4 is 12.0 Å². The zero-order valence-electron chi connectivity index (χ0n) is 15.0. The molecule has 0 saturated heterocycles. The van der Waals surface area contributed by atoms with Crippen LogP contribution in [-0.2, 0) is 17.8 Å². The summed E-state index contributed by atoms with van der Waals surface area (Å²) in [6.45, 7) is 6.66. The van der Waals surface area contributed by atoms with Crippen LogP contribution < -0.4 is 4.74 Å². The molecular formula is C20H24N2O3. The van der Waals surface area contributed by atoms with Crippen molar-refractivity contribution in [2.45, 2.75) is 26.9 Å². The van der Waals surface area contributed by atoms with Crippen LogP contribution >= 0.6 is 0 Å². The zero-order valence-corrected chi connectivity index (χ0v) is 15.0. The second-order valence-electron chi connectivity index (χ2n) is 6.09. The third kappa shape index (κ3) is 3.55. The minimum atomic E-state index is 0.0793. The zero-order chi connectivity index (χ0) is 17.8. The number of benzene rings is 1. The Hall–Kier alpha value is -2.69. The van der Waals surface area contributed by atoms with E-state index in [0.29, 0.717) is 19.7 Å². The maximum Gasteiger partial charge on any atom is 0.271 e. The van der Waals surface area contributed by atoms with Crippen LogP contribution in [0.1, 0.15) is 34.2 Å². The molecule has 0 unspecified atom stereocenters. The Morgan fingerprint density at radius 3 is 2.64 bits per heavy atom. The molecule has 0 aliphatic carbocycles. The number of hydrogen-bond acceptors (Lipinski definition) is 3. The van der Waals surface area contributed by atoms with Gasteiger partial charge in [-0.05, 0) is 49.2 Å². The molecule has 1 aromatic heterocycles. The molecule has 0 bridgehead atoms. The lowest BCUT2D eigenvalue weighted by Gasteiger charge is -2.29. The van der Waals surface area contributed by atoms with E-state index in [1.165, 1.54) is 0 Å². The average Bonchev–Trinajstić information content (AvgIpc) is 2.95. The van der Waals surface area contributed by atoms with Crippen molar-refractivity contribution in [3.05, 3.63) is 59.1 Å². The first-order valence-electron chi connectivity index (χ1n) is 8.54. The number of ether oxygens (including phenoxy) is 2. The van der Waals surface area contributed by atoms with Gasteiger partial charge in [0.1, 0.15) is 11.4 Å². The molecule has 1 aliphatic rings. The van der Waals surface area contributed by atoms with E-state index in [2.05, 4.69) is 4.57 Å². The minimum absolute atomic E-state index is 0.0793. The van der Waals surface area contributed by atoms with Gasteiger partial charge in [0.05, 0.1) is 20.0 Å². The predicted molar refractivity (Wildman–Crippen MR) is 97.6 cm³/mol. The second kappa shape index (κ2) is 7.47. The summed E-state index contributed by atoms with van der Waals surface area (Å²) in [6.07, 6.45) is 3.61. The van der Waals surface area contributed by atoms with Gasteiger partial charge in [-0.1, -0.05) is 12.1 Å². The van der Waals surface area contributed by atoms with Crippen molar-refractivity contribution in [2.24, 2.45) is 0 Å². The van der Waals surface area contributed by atoms with Gasteiger partial charge in [0.25, 0.3) is 5.91 Å². The molecule has 2 heterocycles. The SMILES string of the molecule is CCO/C=C/c1cc(C)c2n1CCN(Cc1ccc(OC)cc1)C2=O. The molecule has 0 radical (unpaired) electrons. The van der Waals surface area contributed by atoms with Crippen LogP contribution in [0.4, 0.5) is 0 Å². The van der Waals surface area contributed by atoms with E-state index in [1.54, 1.807) is 13.4 Å². The molecule has 0 fully saturated rings. The van der Waals surface area contributed by atoms with Crippen LogP contribution in [0, 0.1) is 6.92 Å². The molecule has 0 saturated carbocycles. The number of carbonyl (C=O) groups is 1. The maximum atomic E-state index is 12.9. The molecule has 0 spiro atoms. The molecule has 5 nitrogen and oxygen atoms in total. The summed E-state index contributed by atoms with van der Waals surface area (Å²) >= 11 is 0. The third-order valence-electron chi connectivity index (χ3n) is 4.44. The number of amides is 1. The summed E-state index contributed by atoms with van der Waals surface area (Å²) in [5.41, 5.74) is 3.89. The molecule has 1 aromatic carbocycles. The number of aryl methyl sites for hydroxylation is 1. The molecule has 2 aromatic rings. The van der Waals surface area contributed by atoms with Crippen LogP contribution in [-0.4, -0.2) is 35.6 Å². The number of carbonyl (C=O) groups excluding carboxylic acids is 1. The first kappa shape index (κ1) is 17.1. The van der Waals surface area contributed by atoms with E-state index in [9.17, 15) is 4.79 Å². The smallest absolute Gasteiger partial charge is 0.271 e. The Morgan fingerprint density at radius 1 is 1.20 bits per heavy atom. The lowest BCUT2D eigenvalue weighted by atomic mass is 10.1. The van der Waals surface area contributed by atoms with Crippen molar-refractivity contribution in [3.8, 4) is 5.75 Å². The number of hydrogen-bond donors (Lipinski definition) is 0. The fraction of sp³-hybridized carbons (Fsp3) is 0.350. The third-order valence-corrected chi connectivity index (χ3v) is 4.44. The van der Waals surface area contributed by atoms with E-state index in [0.717, 1.165) is 34.8 Å². The fourth-order valence-corrected chi connectivity index (χ4v) is 3.16. The van der Waals surface area contributed by atoms with E-state index < -0.39 is 0 Å². The number of rotatable bonds is 6. The van der Waals surface area contributed by atoms with Crippen LogP contribution in [0.5, 0.6) is 5.75 Å². The molecule has 5 heteroatoms. The van der Waals surface area contributed by atoms with Gasteiger partial charge < -0.3 is 18.9 Å². The topological polar surface area (TPSA) is 43.7 Å². The van der Waals surface area contributed by atoms with Crippen molar-refractivity contribution in [2.75, 3.05) is 20.3 Å². The maximum absolute atomic E-state index is 12.9. The van der Waals surface area contributed by atoms with Gasteiger partial charge >= 0.3 is 0 Å². The fourth-order valence-electron chi connectivity index (χ4n) is 3.16. The molecule has 1 aliphatic heterocycles. The van der Waals surface area contributed by atoms with Gasteiger partial charge in [-0.25, -0.2) is 0 Å². The van der Waals surface area contributed by atoms with E-state index >= 15 is 0 Å². The summed E-state index contributed by atoms with van der Waals surface area (Å²) < 4.78 is 12.6. The number of nitrogens with zero attached hydrogens (tertiary/aromatic N) is 2. The van der Waals surface area contributed by atoms with Crippen molar-refractivity contribution in [3.63, 3.8) is 0 Å². The molecule has 25 heavy (non-hydrogen) atoms. The summed E-state index contributed by atoms with van der Waals surface area (Å²) in [7, 11) is 1.65. The Morgan fingerprint density at radius 2 is 1.96 bits per heavy atom. The van der Waals surface area contributed by atoms with Gasteiger partial charge in [-0.15, -0.1) is 0 Å². The Balaban J connectivity index is 1.78. The minimum Gasteiger partial charge on any atom is -0.501 e. The van der Waals surface area contributed by atoms with Crippen LogP contribution in [0.2, 0.25) is 0 Å². The average molecular weight is 340 g/mol. The molecular weight excluding hydrogens is 316 g/mol. The standard InChI is InChI=1S/C20H24N2O3/c1-4-25-12-9-17-13-15(2)19-20(23)21(10-11-22(17)19)14-16-5-7-18(24-3)8-6-16/h5-9,12-13H,4,10-11,14H2,1-3H3/b12-9+. The predicted octanol–water partition coefficient (Wildman–Crippen LogP) is 3.47. The second-order valence-corrected chi connectivity index (χ2v) is 6.09. The van der Waals surface area contributed by atoms with E-state index in [1.807, 2.05) is 55.2 Å². The van der Waals surface area contributed by atoms with Crippen molar-refractivity contribution < 1.29 is 14.3 Å². The Bertz CT molecular complexity index is 775. The molecule has 1 amide bonds. The molecule has 132 valence electrons. The highest BCUT2D eigenvalue weighted by Gasteiger charge is 2.27. The first-order valence-corrected chi connectivity index (χ1v) is 8.54. The van der Waals surface area contributed by atoms with Crippen molar-refractivity contribution in [1.82, 2.24) is 9.47 Å². The number of aromatic nitrogens is 1. The molecule has 3 rings (SSSR count). The monoisotopic (exact) mass is 340 g/mol. The highest BCUT2D eigenvalue weighted by Crippen LogP contribution is 2.24. The summed E-state index contributed by atoms with van der Waals surface area (Å²) in [4.78, 5) is 14.8. The first-order chi connectivity index (χ1) is 12.1. The van der Waals surface area contributed by atoms with Crippen molar-refractivity contribution in [1.29, 1.82) is 0 Å². The van der Waals surface area contributed by atoms with Crippen LogP contribution in [0.25, 0.3) is 6.08 Å². The summed E-state index contributed by atoms with van der Waals surface area (Å²) in [5, 5.41) is 0.